The monoisotopic (exact) mass is 305 g/mol. The van der Waals surface area contributed by atoms with E-state index in [1.54, 1.807) is 30.3 Å². The molecule has 1 aromatic heterocycles. The number of furan rings is 1. The zero-order chi connectivity index (χ0) is 14.1. The topological polar surface area (TPSA) is 42.2 Å². The van der Waals surface area contributed by atoms with E-state index in [0.29, 0.717) is 21.4 Å². The van der Waals surface area contributed by atoms with E-state index in [2.05, 4.69) is 5.32 Å². The summed E-state index contributed by atoms with van der Waals surface area (Å²) in [5.74, 6) is 0.927. The van der Waals surface area contributed by atoms with Gasteiger partial charge in [0.2, 0.25) is 0 Å². The number of halogens is 1. The van der Waals surface area contributed by atoms with Crippen LogP contribution in [0, 0.1) is 5.82 Å². The number of thioether (sulfide) groups is 1. The fourth-order valence-electron chi connectivity index (χ4n) is 1.75. The molecule has 1 N–H and O–H groups in total. The summed E-state index contributed by atoms with van der Waals surface area (Å²) in [5, 5.41) is 2.35. The summed E-state index contributed by atoms with van der Waals surface area (Å²) in [5.41, 5.74) is 0.784. The van der Waals surface area contributed by atoms with E-state index in [1.807, 2.05) is 0 Å². The lowest BCUT2D eigenvalue weighted by atomic mass is 10.2. The fraction of sp³-hybridized carbons (Fsp3) is 0. The van der Waals surface area contributed by atoms with Crippen molar-refractivity contribution in [1.82, 2.24) is 5.32 Å². The van der Waals surface area contributed by atoms with Gasteiger partial charge in [-0.2, -0.15) is 0 Å². The van der Waals surface area contributed by atoms with E-state index < -0.39 is 0 Å². The van der Waals surface area contributed by atoms with E-state index in [-0.39, 0.29) is 11.1 Å². The number of carbonyl (C=O) groups is 1. The van der Waals surface area contributed by atoms with E-state index in [0.717, 1.165) is 17.3 Å². The quantitative estimate of drug-likeness (QED) is 0.666. The van der Waals surface area contributed by atoms with Crippen molar-refractivity contribution in [2.24, 2.45) is 0 Å². The maximum Gasteiger partial charge on any atom is 0.289 e. The first-order valence-corrected chi connectivity index (χ1v) is 6.95. The molecule has 20 heavy (non-hydrogen) atoms. The van der Waals surface area contributed by atoms with Gasteiger partial charge in [-0.3, -0.25) is 4.79 Å². The normalized spacial score (nSPS) is 16.8. The first kappa shape index (κ1) is 13.1. The molecule has 2 heterocycles. The minimum absolute atomic E-state index is 0.188. The standard InChI is InChI=1S/C14H8FNO2S2/c15-9-3-1-8(2-4-9)11-6-5-10(18-11)7-12-13(19)16-14(17)20-12/h1-7H,(H,16,17,19). The number of hydrogen-bond donors (Lipinski definition) is 1. The third-order valence-corrected chi connectivity index (χ3v) is 3.95. The molecule has 0 spiro atoms. The van der Waals surface area contributed by atoms with Crippen LogP contribution in [0.4, 0.5) is 9.18 Å². The Morgan fingerprint density at radius 1 is 1.20 bits per heavy atom. The van der Waals surface area contributed by atoms with Crippen molar-refractivity contribution in [3.05, 3.63) is 52.9 Å². The largest absolute Gasteiger partial charge is 0.457 e. The van der Waals surface area contributed by atoms with Crippen molar-refractivity contribution in [1.29, 1.82) is 0 Å². The Labute approximate surface area is 123 Å². The molecule has 6 heteroatoms. The average molecular weight is 305 g/mol. The van der Waals surface area contributed by atoms with Crippen molar-refractivity contribution in [3.8, 4) is 11.3 Å². The van der Waals surface area contributed by atoms with Crippen molar-refractivity contribution < 1.29 is 13.6 Å². The lowest BCUT2D eigenvalue weighted by Crippen LogP contribution is -2.15. The van der Waals surface area contributed by atoms with E-state index in [9.17, 15) is 9.18 Å². The summed E-state index contributed by atoms with van der Waals surface area (Å²) >= 11 is 6.06. The summed E-state index contributed by atoms with van der Waals surface area (Å²) in [4.78, 5) is 12.2. The molecule has 0 unspecified atom stereocenters. The number of benzene rings is 1. The molecule has 1 amide bonds. The highest BCUT2D eigenvalue weighted by atomic mass is 32.2. The molecule has 1 aliphatic rings. The molecule has 0 bridgehead atoms. The van der Waals surface area contributed by atoms with Gasteiger partial charge in [-0.25, -0.2) is 4.39 Å². The second-order valence-corrected chi connectivity index (χ2v) is 5.48. The van der Waals surface area contributed by atoms with E-state index in [1.165, 1.54) is 12.1 Å². The van der Waals surface area contributed by atoms with Gasteiger partial charge in [0.25, 0.3) is 5.24 Å². The Morgan fingerprint density at radius 2 is 1.95 bits per heavy atom. The number of rotatable bonds is 2. The van der Waals surface area contributed by atoms with Crippen molar-refractivity contribution in [2.75, 3.05) is 0 Å². The molecule has 0 aliphatic carbocycles. The van der Waals surface area contributed by atoms with Crippen LogP contribution in [-0.4, -0.2) is 10.2 Å². The minimum Gasteiger partial charge on any atom is -0.457 e. The van der Waals surface area contributed by atoms with Gasteiger partial charge in [0.05, 0.1) is 4.91 Å². The second kappa shape index (κ2) is 5.22. The third-order valence-electron chi connectivity index (χ3n) is 2.67. The Hall–Kier alpha value is -1.92. The molecule has 100 valence electrons. The number of hydrogen-bond acceptors (Lipinski definition) is 4. The number of thiocarbonyl (C=S) groups is 1. The van der Waals surface area contributed by atoms with Crippen LogP contribution >= 0.6 is 24.0 Å². The van der Waals surface area contributed by atoms with Gasteiger partial charge >= 0.3 is 0 Å². The minimum atomic E-state index is -0.292. The lowest BCUT2D eigenvalue weighted by Gasteiger charge is -1.96. The molecule has 1 aliphatic heterocycles. The lowest BCUT2D eigenvalue weighted by molar-refractivity contribution is 0.265. The summed E-state index contributed by atoms with van der Waals surface area (Å²) in [6.45, 7) is 0. The first-order valence-electron chi connectivity index (χ1n) is 5.72. The summed E-state index contributed by atoms with van der Waals surface area (Å²) in [6.07, 6.45) is 1.71. The van der Waals surface area contributed by atoms with Crippen molar-refractivity contribution in [3.63, 3.8) is 0 Å². The number of nitrogens with one attached hydrogen (secondary N) is 1. The van der Waals surface area contributed by atoms with Crippen LogP contribution in [-0.2, 0) is 0 Å². The highest BCUT2D eigenvalue weighted by molar-refractivity contribution is 8.19. The molecule has 1 saturated heterocycles. The van der Waals surface area contributed by atoms with Crippen LogP contribution in [0.15, 0.2) is 45.7 Å². The van der Waals surface area contributed by atoms with Gasteiger partial charge in [-0.15, -0.1) is 0 Å². The van der Waals surface area contributed by atoms with Gasteiger partial charge in [-0.05, 0) is 54.2 Å². The predicted molar refractivity (Wildman–Crippen MR) is 80.8 cm³/mol. The van der Waals surface area contributed by atoms with Crippen LogP contribution in [0.25, 0.3) is 17.4 Å². The Kier molecular flexibility index (Phi) is 3.42. The van der Waals surface area contributed by atoms with Crippen molar-refractivity contribution in [2.45, 2.75) is 0 Å². The van der Waals surface area contributed by atoms with Gasteiger partial charge in [0, 0.05) is 5.56 Å². The Bertz CT molecular complexity index is 719. The third kappa shape index (κ3) is 2.66. The van der Waals surface area contributed by atoms with Gasteiger partial charge in [-0.1, -0.05) is 12.2 Å². The van der Waals surface area contributed by atoms with E-state index >= 15 is 0 Å². The zero-order valence-electron chi connectivity index (χ0n) is 10.1. The van der Waals surface area contributed by atoms with Crippen LogP contribution in [0.3, 0.4) is 0 Å². The molecule has 0 saturated carbocycles. The molecule has 0 atom stereocenters. The predicted octanol–water partition coefficient (Wildman–Crippen LogP) is 4.21. The summed E-state index contributed by atoms with van der Waals surface area (Å²) < 4.78 is 18.5. The van der Waals surface area contributed by atoms with E-state index in [4.69, 9.17) is 16.6 Å². The molecular formula is C14H8FNO2S2. The maximum absolute atomic E-state index is 12.9. The molecule has 3 rings (SSSR count). The molecule has 2 aromatic rings. The highest BCUT2D eigenvalue weighted by Crippen LogP contribution is 2.29. The highest BCUT2D eigenvalue weighted by Gasteiger charge is 2.21. The second-order valence-electron chi connectivity index (χ2n) is 4.06. The summed E-state index contributed by atoms with van der Waals surface area (Å²) in [7, 11) is 0. The number of carbonyl (C=O) groups excluding carboxylic acids is 1. The summed E-state index contributed by atoms with van der Waals surface area (Å²) in [6, 6.07) is 9.60. The SMILES string of the molecule is O=C1NC(=S)C(=Cc2ccc(-c3ccc(F)cc3)o2)S1. The zero-order valence-corrected chi connectivity index (χ0v) is 11.7. The van der Waals surface area contributed by atoms with Gasteiger partial charge in [0.1, 0.15) is 22.3 Å². The number of amides is 1. The molecule has 1 aromatic carbocycles. The fourth-order valence-corrected chi connectivity index (χ4v) is 2.76. The molecule has 0 radical (unpaired) electrons. The molecule has 3 nitrogen and oxygen atoms in total. The Balaban J connectivity index is 1.87. The molecular weight excluding hydrogens is 297 g/mol. The van der Waals surface area contributed by atoms with Crippen molar-refractivity contribution >= 4 is 40.3 Å². The smallest absolute Gasteiger partial charge is 0.289 e. The van der Waals surface area contributed by atoms with Gasteiger partial charge in [0.15, 0.2) is 0 Å². The van der Waals surface area contributed by atoms with Crippen LogP contribution < -0.4 is 5.32 Å². The maximum atomic E-state index is 12.9. The van der Waals surface area contributed by atoms with Crippen LogP contribution in [0.1, 0.15) is 5.76 Å². The first-order chi connectivity index (χ1) is 9.61. The van der Waals surface area contributed by atoms with Crippen LogP contribution in [0.2, 0.25) is 0 Å². The van der Waals surface area contributed by atoms with Crippen LogP contribution in [0.5, 0.6) is 0 Å². The average Bonchev–Trinajstić information content (AvgIpc) is 2.98. The van der Waals surface area contributed by atoms with Gasteiger partial charge < -0.3 is 9.73 Å². The molecule has 1 fully saturated rings. The Morgan fingerprint density at radius 3 is 2.60 bits per heavy atom.